The average Bonchev–Trinajstić information content (AvgIpc) is 2.11. The molecule has 14 heavy (non-hydrogen) atoms. The molecule has 0 unspecified atom stereocenters. The van der Waals surface area contributed by atoms with Crippen molar-refractivity contribution in [1.29, 1.82) is 0 Å². The molecule has 0 saturated carbocycles. The van der Waals surface area contributed by atoms with Crippen molar-refractivity contribution in [3.63, 3.8) is 0 Å². The molecule has 0 bridgehead atoms. The van der Waals surface area contributed by atoms with Gasteiger partial charge in [-0.05, 0) is 20.3 Å². The molecule has 0 aromatic rings. The third-order valence-electron chi connectivity index (χ3n) is 2.49. The Morgan fingerprint density at radius 2 is 1.93 bits per heavy atom. The van der Waals surface area contributed by atoms with Gasteiger partial charge in [0.25, 0.3) is 0 Å². The highest BCUT2D eigenvalue weighted by molar-refractivity contribution is 5.75. The van der Waals surface area contributed by atoms with Crippen LogP contribution < -0.4 is 4.90 Å². The van der Waals surface area contributed by atoms with Crippen molar-refractivity contribution >= 4 is 5.97 Å². The topological polar surface area (TPSA) is 30.7 Å². The van der Waals surface area contributed by atoms with Gasteiger partial charge in [-0.2, -0.15) is 0 Å². The maximum absolute atomic E-state index is 11.5. The summed E-state index contributed by atoms with van der Waals surface area (Å²) in [5, 5.41) is 0. The zero-order chi connectivity index (χ0) is 11.2. The van der Waals surface area contributed by atoms with Crippen molar-refractivity contribution in [3.8, 4) is 0 Å². The van der Waals surface area contributed by atoms with Crippen LogP contribution in [0, 0.1) is 5.41 Å². The Bertz CT molecular complexity index is 176. The van der Waals surface area contributed by atoms with Crippen LogP contribution >= 0.6 is 0 Å². The van der Waals surface area contributed by atoms with E-state index in [1.807, 2.05) is 20.8 Å². The molecule has 0 aliphatic rings. The predicted octanol–water partition coefficient (Wildman–Crippen LogP) is 0.500. The molecule has 0 heterocycles. The Kier molecular flexibility index (Phi) is 5.77. The first-order valence-electron chi connectivity index (χ1n) is 5.36. The van der Waals surface area contributed by atoms with Crippen LogP contribution in [0.4, 0.5) is 0 Å². The van der Waals surface area contributed by atoms with Crippen molar-refractivity contribution in [3.05, 3.63) is 0 Å². The van der Waals surface area contributed by atoms with Crippen molar-refractivity contribution in [2.45, 2.75) is 33.6 Å². The first-order valence-corrected chi connectivity index (χ1v) is 5.36. The minimum absolute atomic E-state index is 0.0752. The van der Waals surface area contributed by atoms with Gasteiger partial charge in [-0.1, -0.05) is 6.92 Å². The summed E-state index contributed by atoms with van der Waals surface area (Å²) in [6.07, 6.45) is 1.76. The summed E-state index contributed by atoms with van der Waals surface area (Å²) in [6, 6.07) is 0. The highest BCUT2D eigenvalue weighted by Crippen LogP contribution is 2.21. The maximum Gasteiger partial charge on any atom is 0.311 e. The summed E-state index contributed by atoms with van der Waals surface area (Å²) in [7, 11) is 4.19. The molecule has 0 rings (SSSR count). The number of esters is 1. The second-order valence-electron chi connectivity index (χ2n) is 4.68. The minimum Gasteiger partial charge on any atom is -0.465 e. The molecule has 0 spiro atoms. The van der Waals surface area contributed by atoms with E-state index in [2.05, 4.69) is 14.1 Å². The van der Waals surface area contributed by atoms with Crippen molar-refractivity contribution < 1.29 is 14.4 Å². The fourth-order valence-electron chi connectivity index (χ4n) is 0.930. The van der Waals surface area contributed by atoms with Gasteiger partial charge in [0.05, 0.1) is 32.7 Å². The number of carbonyl (C=O) groups is 1. The van der Waals surface area contributed by atoms with E-state index in [1.54, 1.807) is 0 Å². The lowest BCUT2D eigenvalue weighted by molar-refractivity contribution is -0.858. The molecule has 0 saturated heterocycles. The average molecular weight is 202 g/mol. The van der Waals surface area contributed by atoms with Crippen molar-refractivity contribution in [1.82, 2.24) is 0 Å². The molecule has 0 fully saturated rings. The van der Waals surface area contributed by atoms with E-state index in [0.717, 1.165) is 19.4 Å². The lowest BCUT2D eigenvalue weighted by atomic mass is 9.91. The minimum atomic E-state index is -0.328. The van der Waals surface area contributed by atoms with Gasteiger partial charge in [0.2, 0.25) is 0 Å². The molecule has 0 radical (unpaired) electrons. The lowest BCUT2D eigenvalue weighted by Gasteiger charge is -2.20. The summed E-state index contributed by atoms with van der Waals surface area (Å²) in [6.45, 7) is 7.44. The zero-order valence-corrected chi connectivity index (χ0v) is 10.1. The smallest absolute Gasteiger partial charge is 0.311 e. The molecule has 0 aliphatic heterocycles. The number of rotatable bonds is 6. The van der Waals surface area contributed by atoms with Gasteiger partial charge < -0.3 is 9.64 Å². The number of quaternary nitrogens is 1. The first kappa shape index (κ1) is 13.4. The molecule has 3 nitrogen and oxygen atoms in total. The number of hydrogen-bond acceptors (Lipinski definition) is 2. The number of nitrogens with one attached hydrogen (secondary N) is 1. The predicted molar refractivity (Wildman–Crippen MR) is 57.3 cm³/mol. The van der Waals surface area contributed by atoms with E-state index in [4.69, 9.17) is 4.74 Å². The third kappa shape index (κ3) is 5.22. The van der Waals surface area contributed by atoms with E-state index in [1.165, 1.54) is 4.90 Å². The van der Waals surface area contributed by atoms with Crippen molar-refractivity contribution in [2.75, 3.05) is 27.2 Å². The van der Waals surface area contributed by atoms with E-state index in [9.17, 15) is 4.79 Å². The molecular weight excluding hydrogens is 178 g/mol. The molecule has 0 atom stereocenters. The molecule has 0 aromatic heterocycles. The van der Waals surface area contributed by atoms with Crippen LogP contribution in [-0.4, -0.2) is 33.2 Å². The molecule has 1 N–H and O–H groups in total. The van der Waals surface area contributed by atoms with Crippen LogP contribution in [0.15, 0.2) is 0 Å². The number of hydrogen-bond donors (Lipinski definition) is 1. The Hall–Kier alpha value is -0.570. The standard InChI is InChI=1S/C11H23NO2/c1-6-11(2,3)10(13)14-9-7-8-12(4)5/h6-9H2,1-5H3/p+1. The summed E-state index contributed by atoms with van der Waals surface area (Å²) >= 11 is 0. The van der Waals surface area contributed by atoms with Gasteiger partial charge in [0.15, 0.2) is 0 Å². The third-order valence-corrected chi connectivity index (χ3v) is 2.49. The van der Waals surface area contributed by atoms with E-state index in [0.29, 0.717) is 6.61 Å². The van der Waals surface area contributed by atoms with E-state index < -0.39 is 0 Å². The maximum atomic E-state index is 11.5. The second-order valence-corrected chi connectivity index (χ2v) is 4.68. The number of carbonyl (C=O) groups excluding carboxylic acids is 1. The molecular formula is C11H24NO2+. The van der Waals surface area contributed by atoms with Crippen LogP contribution in [-0.2, 0) is 9.53 Å². The van der Waals surface area contributed by atoms with Crippen LogP contribution in [0.25, 0.3) is 0 Å². The van der Waals surface area contributed by atoms with Gasteiger partial charge in [-0.15, -0.1) is 0 Å². The Morgan fingerprint density at radius 1 is 1.36 bits per heavy atom. The monoisotopic (exact) mass is 202 g/mol. The van der Waals surface area contributed by atoms with Crippen LogP contribution in [0.5, 0.6) is 0 Å². The Labute approximate surface area is 87.4 Å². The Morgan fingerprint density at radius 3 is 2.36 bits per heavy atom. The van der Waals surface area contributed by atoms with Gasteiger partial charge in [0, 0.05) is 6.42 Å². The van der Waals surface area contributed by atoms with Gasteiger partial charge >= 0.3 is 5.97 Å². The molecule has 3 heteroatoms. The highest BCUT2D eigenvalue weighted by Gasteiger charge is 2.26. The van der Waals surface area contributed by atoms with Crippen molar-refractivity contribution in [2.24, 2.45) is 5.41 Å². The normalized spacial score (nSPS) is 11.9. The molecule has 0 aliphatic carbocycles. The fraction of sp³-hybridized carbons (Fsp3) is 0.909. The van der Waals surface area contributed by atoms with Crippen LogP contribution in [0.3, 0.4) is 0 Å². The largest absolute Gasteiger partial charge is 0.465 e. The van der Waals surface area contributed by atoms with Gasteiger partial charge in [-0.3, -0.25) is 4.79 Å². The molecule has 0 aromatic carbocycles. The lowest BCUT2D eigenvalue weighted by Crippen LogP contribution is -3.05. The van der Waals surface area contributed by atoms with E-state index >= 15 is 0 Å². The van der Waals surface area contributed by atoms with Crippen LogP contribution in [0.1, 0.15) is 33.6 Å². The number of ether oxygens (including phenoxy) is 1. The summed E-state index contributed by atoms with van der Waals surface area (Å²) in [4.78, 5) is 12.9. The van der Waals surface area contributed by atoms with E-state index in [-0.39, 0.29) is 11.4 Å². The molecule has 0 amide bonds. The van der Waals surface area contributed by atoms with Crippen LogP contribution in [0.2, 0.25) is 0 Å². The fourth-order valence-corrected chi connectivity index (χ4v) is 0.930. The zero-order valence-electron chi connectivity index (χ0n) is 10.1. The first-order chi connectivity index (χ1) is 6.40. The second kappa shape index (κ2) is 6.02. The quantitative estimate of drug-likeness (QED) is 0.502. The van der Waals surface area contributed by atoms with Gasteiger partial charge in [0.1, 0.15) is 0 Å². The summed E-state index contributed by atoms with van der Waals surface area (Å²) < 4.78 is 5.20. The Balaban J connectivity index is 3.64. The highest BCUT2D eigenvalue weighted by atomic mass is 16.5. The SMILES string of the molecule is CCC(C)(C)C(=O)OCCC[NH+](C)C. The molecule has 84 valence electrons. The summed E-state index contributed by atoms with van der Waals surface area (Å²) in [5.41, 5.74) is -0.328. The van der Waals surface area contributed by atoms with Gasteiger partial charge in [-0.25, -0.2) is 0 Å². The summed E-state index contributed by atoms with van der Waals surface area (Å²) in [5.74, 6) is -0.0752.